The van der Waals surface area contributed by atoms with Crippen molar-refractivity contribution >= 4 is 6.03 Å². The third kappa shape index (κ3) is 4.73. The zero-order valence-electron chi connectivity index (χ0n) is 15.4. The quantitative estimate of drug-likeness (QED) is 0.892. The molecule has 0 aliphatic carbocycles. The van der Waals surface area contributed by atoms with Crippen LogP contribution in [0.4, 0.5) is 4.79 Å². The van der Waals surface area contributed by atoms with Crippen LogP contribution in [0.15, 0.2) is 30.3 Å². The molecule has 2 heterocycles. The number of ether oxygens (including phenoxy) is 2. The number of nitrogens with zero attached hydrogens (tertiary/aromatic N) is 1. The third-order valence-electron chi connectivity index (χ3n) is 5.40. The number of urea groups is 1. The van der Waals surface area contributed by atoms with Gasteiger partial charge in [0.2, 0.25) is 0 Å². The van der Waals surface area contributed by atoms with Gasteiger partial charge in [-0.3, -0.25) is 0 Å². The third-order valence-corrected chi connectivity index (χ3v) is 5.40. The van der Waals surface area contributed by atoms with E-state index in [1.807, 2.05) is 11.0 Å². The highest BCUT2D eigenvalue weighted by molar-refractivity contribution is 5.74. The molecule has 5 heteroatoms. The lowest BCUT2D eigenvalue weighted by Crippen LogP contribution is -2.56. The van der Waals surface area contributed by atoms with Crippen LogP contribution in [0, 0.1) is 11.8 Å². The second-order valence-corrected chi connectivity index (χ2v) is 7.64. The van der Waals surface area contributed by atoms with Crippen LogP contribution < -0.4 is 5.32 Å². The molecule has 138 valence electrons. The average molecular weight is 346 g/mol. The van der Waals surface area contributed by atoms with Crippen molar-refractivity contribution in [1.29, 1.82) is 0 Å². The van der Waals surface area contributed by atoms with E-state index in [2.05, 4.69) is 43.4 Å². The standard InChI is InChI=1S/C20H30N2O3/c1-16(2)18(12-17-6-4-3-5-7-17)13-21-19(23)22-9-11-25-20(14-22)8-10-24-15-20/h3-7,16,18H,8-15H2,1-2H3,(H,21,23)/t18-,20+/m1/s1. The average Bonchev–Trinajstić information content (AvgIpc) is 3.06. The summed E-state index contributed by atoms with van der Waals surface area (Å²) in [6.07, 6.45) is 1.86. The molecule has 1 N–H and O–H groups in total. The Kier molecular flexibility index (Phi) is 5.97. The minimum atomic E-state index is -0.281. The number of amides is 2. The van der Waals surface area contributed by atoms with Crippen molar-refractivity contribution < 1.29 is 14.3 Å². The number of carbonyl (C=O) groups is 1. The van der Waals surface area contributed by atoms with E-state index < -0.39 is 0 Å². The van der Waals surface area contributed by atoms with Gasteiger partial charge in [-0.1, -0.05) is 44.2 Å². The van der Waals surface area contributed by atoms with Gasteiger partial charge in [-0.05, 0) is 23.8 Å². The maximum absolute atomic E-state index is 12.6. The minimum Gasteiger partial charge on any atom is -0.378 e. The first kappa shape index (κ1) is 18.2. The number of morpholine rings is 1. The van der Waals surface area contributed by atoms with E-state index in [9.17, 15) is 4.79 Å². The molecule has 25 heavy (non-hydrogen) atoms. The molecule has 0 unspecified atom stereocenters. The molecule has 3 rings (SSSR count). The molecule has 5 nitrogen and oxygen atoms in total. The van der Waals surface area contributed by atoms with Crippen LogP contribution in [-0.4, -0.2) is 56.0 Å². The van der Waals surface area contributed by atoms with Crippen LogP contribution in [0.1, 0.15) is 25.8 Å². The van der Waals surface area contributed by atoms with E-state index >= 15 is 0 Å². The van der Waals surface area contributed by atoms with Gasteiger partial charge in [0.15, 0.2) is 0 Å². The van der Waals surface area contributed by atoms with Crippen LogP contribution in [0.3, 0.4) is 0 Å². The van der Waals surface area contributed by atoms with Crippen LogP contribution >= 0.6 is 0 Å². The lowest BCUT2D eigenvalue weighted by molar-refractivity contribution is -0.0975. The number of carbonyl (C=O) groups excluding carboxylic acids is 1. The van der Waals surface area contributed by atoms with Crippen LogP contribution in [-0.2, 0) is 15.9 Å². The summed E-state index contributed by atoms with van der Waals surface area (Å²) in [5, 5.41) is 3.15. The van der Waals surface area contributed by atoms with E-state index in [0.29, 0.717) is 44.7 Å². The van der Waals surface area contributed by atoms with Crippen molar-refractivity contribution in [1.82, 2.24) is 10.2 Å². The van der Waals surface area contributed by atoms with Crippen LogP contribution in [0.2, 0.25) is 0 Å². The van der Waals surface area contributed by atoms with Gasteiger partial charge in [-0.15, -0.1) is 0 Å². The molecule has 0 aromatic heterocycles. The molecule has 2 saturated heterocycles. The van der Waals surface area contributed by atoms with Crippen molar-refractivity contribution in [2.45, 2.75) is 32.3 Å². The van der Waals surface area contributed by atoms with E-state index in [1.54, 1.807) is 0 Å². The zero-order valence-corrected chi connectivity index (χ0v) is 15.4. The second kappa shape index (κ2) is 8.19. The summed E-state index contributed by atoms with van der Waals surface area (Å²) in [5.41, 5.74) is 1.04. The normalized spacial score (nSPS) is 24.7. The van der Waals surface area contributed by atoms with Crippen molar-refractivity contribution in [3.63, 3.8) is 0 Å². The maximum Gasteiger partial charge on any atom is 0.317 e. The van der Waals surface area contributed by atoms with Crippen molar-refractivity contribution in [2.24, 2.45) is 11.8 Å². The fraction of sp³-hybridized carbons (Fsp3) is 0.650. The van der Waals surface area contributed by atoms with E-state index in [-0.39, 0.29) is 11.6 Å². The Hall–Kier alpha value is -1.59. The minimum absolute atomic E-state index is 0.0216. The second-order valence-electron chi connectivity index (χ2n) is 7.64. The Morgan fingerprint density at radius 2 is 2.08 bits per heavy atom. The van der Waals surface area contributed by atoms with E-state index in [0.717, 1.165) is 19.4 Å². The molecule has 1 aromatic rings. The summed E-state index contributed by atoms with van der Waals surface area (Å²) in [7, 11) is 0. The molecule has 2 amide bonds. The van der Waals surface area contributed by atoms with Crippen molar-refractivity contribution in [3.8, 4) is 0 Å². The topological polar surface area (TPSA) is 50.8 Å². The fourth-order valence-electron chi connectivity index (χ4n) is 3.64. The Bertz CT molecular complexity index is 555. The highest BCUT2D eigenvalue weighted by Crippen LogP contribution is 2.27. The SMILES string of the molecule is CC(C)[C@@H](CNC(=O)N1CCO[C@@]2(CCOC2)C1)Cc1ccccc1. The maximum atomic E-state index is 12.6. The van der Waals surface area contributed by atoms with Crippen molar-refractivity contribution in [3.05, 3.63) is 35.9 Å². The molecule has 2 atom stereocenters. The Balaban J connectivity index is 1.52. The Morgan fingerprint density at radius 1 is 1.28 bits per heavy atom. The van der Waals surface area contributed by atoms with E-state index in [4.69, 9.17) is 9.47 Å². The summed E-state index contributed by atoms with van der Waals surface area (Å²) in [4.78, 5) is 14.5. The molecular weight excluding hydrogens is 316 g/mol. The first-order chi connectivity index (χ1) is 12.1. The molecular formula is C20H30N2O3. The summed E-state index contributed by atoms with van der Waals surface area (Å²) >= 11 is 0. The number of hydrogen-bond donors (Lipinski definition) is 1. The smallest absolute Gasteiger partial charge is 0.317 e. The number of hydrogen-bond acceptors (Lipinski definition) is 3. The van der Waals surface area contributed by atoms with Gasteiger partial charge in [0.1, 0.15) is 5.60 Å². The van der Waals surface area contributed by atoms with Crippen molar-refractivity contribution in [2.75, 3.05) is 39.5 Å². The largest absolute Gasteiger partial charge is 0.378 e. The lowest BCUT2D eigenvalue weighted by Gasteiger charge is -2.39. The summed E-state index contributed by atoms with van der Waals surface area (Å²) in [6.45, 7) is 8.34. The van der Waals surface area contributed by atoms with E-state index in [1.165, 1.54) is 5.56 Å². The summed E-state index contributed by atoms with van der Waals surface area (Å²) < 4.78 is 11.4. The molecule has 0 saturated carbocycles. The molecule has 1 aromatic carbocycles. The summed E-state index contributed by atoms with van der Waals surface area (Å²) in [6, 6.07) is 10.5. The first-order valence-corrected chi connectivity index (χ1v) is 9.36. The molecule has 0 bridgehead atoms. The molecule has 0 radical (unpaired) electrons. The molecule has 2 fully saturated rings. The number of benzene rings is 1. The van der Waals surface area contributed by atoms with Gasteiger partial charge in [-0.25, -0.2) is 4.79 Å². The molecule has 2 aliphatic rings. The van der Waals surface area contributed by atoms with Gasteiger partial charge in [-0.2, -0.15) is 0 Å². The van der Waals surface area contributed by atoms with Gasteiger partial charge >= 0.3 is 6.03 Å². The number of nitrogens with one attached hydrogen (secondary N) is 1. The predicted octanol–water partition coefficient (Wildman–Crippen LogP) is 2.70. The van der Waals surface area contributed by atoms with Gasteiger partial charge in [0.05, 0.1) is 19.8 Å². The number of rotatable bonds is 5. The predicted molar refractivity (Wildman–Crippen MR) is 97.6 cm³/mol. The van der Waals surface area contributed by atoms with Crippen LogP contribution in [0.5, 0.6) is 0 Å². The summed E-state index contributed by atoms with van der Waals surface area (Å²) in [5.74, 6) is 0.941. The Labute approximate surface area is 150 Å². The highest BCUT2D eigenvalue weighted by atomic mass is 16.6. The molecule has 1 spiro atoms. The highest BCUT2D eigenvalue weighted by Gasteiger charge is 2.41. The zero-order chi connectivity index (χ0) is 17.7. The van der Waals surface area contributed by atoms with Gasteiger partial charge in [0.25, 0.3) is 0 Å². The van der Waals surface area contributed by atoms with Gasteiger partial charge < -0.3 is 19.7 Å². The fourth-order valence-corrected chi connectivity index (χ4v) is 3.64. The van der Waals surface area contributed by atoms with Gasteiger partial charge in [0, 0.05) is 26.1 Å². The molecule has 2 aliphatic heterocycles. The lowest BCUT2D eigenvalue weighted by atomic mass is 9.89. The van der Waals surface area contributed by atoms with Crippen LogP contribution in [0.25, 0.3) is 0 Å². The monoisotopic (exact) mass is 346 g/mol. The Morgan fingerprint density at radius 3 is 2.76 bits per heavy atom. The first-order valence-electron chi connectivity index (χ1n) is 9.36.